The molecule has 380 valence electrons. The number of fused-ring (bicyclic) bond motifs is 3. The summed E-state index contributed by atoms with van der Waals surface area (Å²) >= 11 is 0. The first kappa shape index (κ1) is 50.0. The van der Waals surface area contributed by atoms with Gasteiger partial charge in [-0.15, -0.1) is 0 Å². The molecule has 25 atom stereocenters. The van der Waals surface area contributed by atoms with Crippen LogP contribution < -0.4 is 0 Å². The normalized spacial score (nSPS) is 52.3. The molecule has 0 aromatic rings. The second-order valence-electron chi connectivity index (χ2n) is 20.5. The van der Waals surface area contributed by atoms with Crippen LogP contribution in [0.2, 0.25) is 0 Å². The number of esters is 1. The Hall–Kier alpha value is -1.93. The average Bonchev–Trinajstić information content (AvgIpc) is 3.81. The Labute approximate surface area is 390 Å². The zero-order chi connectivity index (χ0) is 47.7. The maximum Gasteiger partial charge on any atom is 0.309 e. The molecule has 20 heteroatoms. The van der Waals surface area contributed by atoms with Crippen LogP contribution in [-0.2, 0) is 66.4 Å². The predicted octanol–water partition coefficient (Wildman–Crippen LogP) is 0.829. The lowest BCUT2D eigenvalue weighted by Gasteiger charge is -2.52. The highest BCUT2D eigenvalue weighted by Crippen LogP contribution is 2.57. The molecule has 67 heavy (non-hydrogen) atoms. The summed E-state index contributed by atoms with van der Waals surface area (Å²) in [4.78, 5) is 13.8. The molecule has 1 unspecified atom stereocenters. The highest BCUT2D eigenvalue weighted by Gasteiger charge is 2.59. The van der Waals surface area contributed by atoms with Crippen LogP contribution in [0.4, 0.5) is 0 Å². The standard InChI is InChI=1S/C47H72O20/c1-20-41(65-36-15-31(56-7)43(22(3)61-36)67-45-40(53)39(52)38(51)32(17-48)64-45)27(49)13-34(59-20)66-42-21(2)60-35(14-30(42)55-6)62-29-12-24-9-10-25-26(46(24,4)16-28(29)50)11-8-23-18-57-47(5)37(23)33(19-58-47)63-44(25)54/h9,18,20-22,25-43,45,48-53H,8,10-17,19H2,1-7H3/t20-,21-,22+,25-,26+,27+,28-,29-,30-,31-,32-,33?,34+,35+,36+,37-,38-,39+,40-,41-,42-,43+,45+,46+,47+/m1/s1. The average molecular weight is 957 g/mol. The van der Waals surface area contributed by atoms with E-state index in [0.29, 0.717) is 32.3 Å². The molecule has 0 spiro atoms. The summed E-state index contributed by atoms with van der Waals surface area (Å²) in [5.74, 6) is -1.52. The Morgan fingerprint density at radius 1 is 0.746 bits per heavy atom. The quantitative estimate of drug-likeness (QED) is 0.124. The van der Waals surface area contributed by atoms with E-state index < -0.39 is 135 Å². The Kier molecular flexibility index (Phi) is 14.9. The van der Waals surface area contributed by atoms with Crippen molar-refractivity contribution in [2.24, 2.45) is 23.2 Å². The van der Waals surface area contributed by atoms with Crippen molar-refractivity contribution in [2.45, 2.75) is 215 Å². The first-order valence-corrected chi connectivity index (χ1v) is 24.2. The minimum atomic E-state index is -1.60. The molecule has 6 saturated heterocycles. The summed E-state index contributed by atoms with van der Waals surface area (Å²) in [7, 11) is 3.08. The molecule has 7 heterocycles. The van der Waals surface area contributed by atoms with Crippen molar-refractivity contribution in [3.63, 3.8) is 0 Å². The molecule has 0 aromatic carbocycles. The highest BCUT2D eigenvalue weighted by molar-refractivity contribution is 5.74. The zero-order valence-corrected chi connectivity index (χ0v) is 39.4. The van der Waals surface area contributed by atoms with Crippen LogP contribution in [0.15, 0.2) is 23.5 Å². The van der Waals surface area contributed by atoms with Gasteiger partial charge in [-0.3, -0.25) is 4.79 Å². The fourth-order valence-electron chi connectivity index (χ4n) is 12.6. The van der Waals surface area contributed by atoms with Gasteiger partial charge in [0.05, 0.1) is 80.1 Å². The van der Waals surface area contributed by atoms with Gasteiger partial charge in [-0.2, -0.15) is 0 Å². The number of aliphatic hydroxyl groups excluding tert-OH is 6. The fourth-order valence-corrected chi connectivity index (χ4v) is 12.6. The smallest absolute Gasteiger partial charge is 0.309 e. The van der Waals surface area contributed by atoms with Crippen molar-refractivity contribution < 1.29 is 97.0 Å². The van der Waals surface area contributed by atoms with Crippen LogP contribution in [0.25, 0.3) is 0 Å². The third kappa shape index (κ3) is 9.51. The van der Waals surface area contributed by atoms with Gasteiger partial charge in [0.2, 0.25) is 5.79 Å². The van der Waals surface area contributed by atoms with Crippen molar-refractivity contribution in [1.82, 2.24) is 0 Å². The van der Waals surface area contributed by atoms with Gasteiger partial charge >= 0.3 is 5.97 Å². The van der Waals surface area contributed by atoms with E-state index in [-0.39, 0.29) is 42.7 Å². The Morgan fingerprint density at radius 2 is 1.37 bits per heavy atom. The number of carbonyl (C=O) groups is 1. The van der Waals surface area contributed by atoms with Gasteiger partial charge in [-0.1, -0.05) is 18.6 Å². The minimum absolute atomic E-state index is 0.0362. The van der Waals surface area contributed by atoms with Gasteiger partial charge < -0.3 is 92.2 Å². The predicted molar refractivity (Wildman–Crippen MR) is 227 cm³/mol. The molecular formula is C47H72O20. The molecule has 20 nitrogen and oxygen atoms in total. The number of rotatable bonds is 11. The van der Waals surface area contributed by atoms with E-state index in [1.165, 1.54) is 12.7 Å². The van der Waals surface area contributed by atoms with Crippen LogP contribution in [0.5, 0.6) is 0 Å². The summed E-state index contributed by atoms with van der Waals surface area (Å²) < 4.78 is 79.5. The monoisotopic (exact) mass is 956 g/mol. The molecule has 7 fully saturated rings. The minimum Gasteiger partial charge on any atom is -0.469 e. The fraction of sp³-hybridized carbons (Fsp3) is 0.894. The molecule has 0 aromatic heterocycles. The first-order chi connectivity index (χ1) is 31.9. The van der Waals surface area contributed by atoms with E-state index in [9.17, 15) is 35.4 Å². The lowest BCUT2D eigenvalue weighted by Crippen LogP contribution is -2.62. The number of methoxy groups -OCH3 is 2. The molecule has 7 aliphatic heterocycles. The molecule has 1 saturated carbocycles. The van der Waals surface area contributed by atoms with Crippen molar-refractivity contribution in [3.8, 4) is 0 Å². The zero-order valence-electron chi connectivity index (χ0n) is 39.4. The molecule has 0 radical (unpaired) electrons. The van der Waals surface area contributed by atoms with Gasteiger partial charge in [0.15, 0.2) is 25.2 Å². The summed E-state index contributed by atoms with van der Waals surface area (Å²) in [6.45, 7) is 9.14. The van der Waals surface area contributed by atoms with Crippen molar-refractivity contribution in [3.05, 3.63) is 23.5 Å². The van der Waals surface area contributed by atoms with Gasteiger partial charge in [-0.05, 0) is 69.8 Å². The number of hydrogen-bond acceptors (Lipinski definition) is 20. The molecule has 6 N–H and O–H groups in total. The van der Waals surface area contributed by atoms with E-state index in [0.717, 1.165) is 18.4 Å². The van der Waals surface area contributed by atoms with Crippen molar-refractivity contribution in [1.29, 1.82) is 0 Å². The van der Waals surface area contributed by atoms with Crippen LogP contribution in [0.1, 0.15) is 86.0 Å². The number of aliphatic hydroxyl groups is 6. The van der Waals surface area contributed by atoms with E-state index in [1.54, 1.807) is 27.2 Å². The maximum absolute atomic E-state index is 13.8. The summed E-state index contributed by atoms with van der Waals surface area (Å²) in [6.07, 6.45) is -9.91. The molecule has 9 rings (SSSR count). The van der Waals surface area contributed by atoms with Crippen LogP contribution in [0.3, 0.4) is 0 Å². The second-order valence-corrected chi connectivity index (χ2v) is 20.5. The van der Waals surface area contributed by atoms with E-state index in [1.807, 2.05) is 13.8 Å². The largest absolute Gasteiger partial charge is 0.469 e. The molecule has 0 amide bonds. The lowest BCUT2D eigenvalue weighted by atomic mass is 9.55. The SMILES string of the molecule is CO[C@@H]1C[C@H](O[C@@H]2CC3=CC[C@H]4C(=O)OC5CO[C@]6(C)OC=C(CC[C@@H]4[C@@]3(C)C[C@H]2O)[C@H]56)O[C@H](C)[C@H]1O[C@H]1C[C@H](O)[C@H](O[C@H]2C[C@@H](OC)[C@@H](O[C@@H]3O[C@H](CO)[C@@H](O)[C@H](O)[C@H]3O)[C@H](C)O2)[C@@H](C)O1. The van der Waals surface area contributed by atoms with Gasteiger partial charge in [0.25, 0.3) is 0 Å². The van der Waals surface area contributed by atoms with Crippen molar-refractivity contribution >= 4 is 5.97 Å². The highest BCUT2D eigenvalue weighted by atomic mass is 16.8. The third-order valence-corrected chi connectivity index (χ3v) is 16.3. The van der Waals surface area contributed by atoms with Crippen LogP contribution >= 0.6 is 0 Å². The Bertz CT molecular complexity index is 1790. The van der Waals surface area contributed by atoms with Crippen LogP contribution in [0, 0.1) is 23.2 Å². The van der Waals surface area contributed by atoms with E-state index in [4.69, 9.17) is 61.6 Å². The van der Waals surface area contributed by atoms with Gasteiger partial charge in [-0.25, -0.2) is 0 Å². The number of hydrogen-bond donors (Lipinski definition) is 6. The summed E-state index contributed by atoms with van der Waals surface area (Å²) in [5.41, 5.74) is 1.84. The first-order valence-electron chi connectivity index (χ1n) is 24.2. The Morgan fingerprint density at radius 3 is 2.03 bits per heavy atom. The lowest BCUT2D eigenvalue weighted by molar-refractivity contribution is -0.356. The van der Waals surface area contributed by atoms with Gasteiger partial charge in [0, 0.05) is 40.4 Å². The molecule has 2 aliphatic carbocycles. The van der Waals surface area contributed by atoms with Crippen molar-refractivity contribution in [2.75, 3.05) is 27.4 Å². The Balaban J connectivity index is 0.768. The molecular weight excluding hydrogens is 884 g/mol. The summed E-state index contributed by atoms with van der Waals surface area (Å²) in [5, 5.41) is 63.8. The molecule has 0 bridgehead atoms. The van der Waals surface area contributed by atoms with E-state index >= 15 is 0 Å². The van der Waals surface area contributed by atoms with Crippen LogP contribution in [-0.4, -0.2) is 193 Å². The number of allylic oxidation sites excluding steroid dienone is 1. The summed E-state index contributed by atoms with van der Waals surface area (Å²) in [6, 6.07) is 0. The number of ether oxygens (including phenoxy) is 13. The second kappa shape index (κ2) is 19.9. The topological polar surface area (TPSA) is 258 Å². The van der Waals surface area contributed by atoms with Gasteiger partial charge in [0.1, 0.15) is 48.8 Å². The maximum atomic E-state index is 13.8. The third-order valence-electron chi connectivity index (χ3n) is 16.3. The van der Waals surface area contributed by atoms with E-state index in [2.05, 4.69) is 13.0 Å². The number of carbonyl (C=O) groups excluding carboxylic acids is 1. The molecule has 9 aliphatic rings.